The van der Waals surface area contributed by atoms with Crippen LogP contribution in [0.5, 0.6) is 11.5 Å². The fourth-order valence-corrected chi connectivity index (χ4v) is 2.75. The van der Waals surface area contributed by atoms with Gasteiger partial charge in [-0.1, -0.05) is 28.4 Å². The third-order valence-corrected chi connectivity index (χ3v) is 4.14. The summed E-state index contributed by atoms with van der Waals surface area (Å²) in [5, 5.41) is 4.50. The number of aromatic nitrogens is 2. The number of halogens is 2. The highest BCUT2D eigenvalue weighted by Gasteiger charge is 2.16. The number of rotatable bonds is 6. The van der Waals surface area contributed by atoms with Gasteiger partial charge in [0.2, 0.25) is 5.82 Å². The van der Waals surface area contributed by atoms with E-state index in [0.717, 1.165) is 0 Å². The summed E-state index contributed by atoms with van der Waals surface area (Å²) in [5.41, 5.74) is 0.857. The minimum Gasteiger partial charge on any atom is -0.493 e. The van der Waals surface area contributed by atoms with Crippen molar-refractivity contribution in [3.05, 3.63) is 57.9 Å². The SMILES string of the molecule is COc1ccc(-c2noc(COC(=O)c3ccc(Cl)cc3Cl)n2)cc1OC. The number of nitrogens with zero attached hydrogens (tertiary/aromatic N) is 2. The molecule has 1 aromatic heterocycles. The lowest BCUT2D eigenvalue weighted by atomic mass is 10.2. The van der Waals surface area contributed by atoms with E-state index in [2.05, 4.69) is 10.1 Å². The van der Waals surface area contributed by atoms with Gasteiger partial charge in [-0.25, -0.2) is 4.79 Å². The molecule has 0 fully saturated rings. The molecular formula is C18H14Cl2N2O5. The van der Waals surface area contributed by atoms with Crippen LogP contribution >= 0.6 is 23.2 Å². The normalized spacial score (nSPS) is 10.5. The molecular weight excluding hydrogens is 395 g/mol. The van der Waals surface area contributed by atoms with Crippen molar-refractivity contribution in [2.24, 2.45) is 0 Å². The lowest BCUT2D eigenvalue weighted by molar-refractivity contribution is 0.0430. The van der Waals surface area contributed by atoms with E-state index in [-0.39, 0.29) is 23.1 Å². The van der Waals surface area contributed by atoms with Gasteiger partial charge in [-0.05, 0) is 36.4 Å². The van der Waals surface area contributed by atoms with Gasteiger partial charge in [-0.2, -0.15) is 4.98 Å². The molecule has 0 atom stereocenters. The van der Waals surface area contributed by atoms with E-state index in [0.29, 0.717) is 27.9 Å². The zero-order valence-electron chi connectivity index (χ0n) is 14.4. The van der Waals surface area contributed by atoms with Gasteiger partial charge >= 0.3 is 5.97 Å². The molecule has 0 unspecified atom stereocenters. The van der Waals surface area contributed by atoms with Gasteiger partial charge in [-0.3, -0.25) is 0 Å². The number of benzene rings is 2. The molecule has 2 aromatic carbocycles. The summed E-state index contributed by atoms with van der Waals surface area (Å²) >= 11 is 11.8. The van der Waals surface area contributed by atoms with Crippen LogP contribution in [-0.4, -0.2) is 30.3 Å². The van der Waals surface area contributed by atoms with Crippen molar-refractivity contribution in [2.75, 3.05) is 14.2 Å². The number of esters is 1. The molecule has 0 aliphatic rings. The number of carbonyl (C=O) groups excluding carboxylic acids is 1. The highest BCUT2D eigenvalue weighted by atomic mass is 35.5. The molecule has 0 spiro atoms. The van der Waals surface area contributed by atoms with E-state index in [1.165, 1.54) is 19.2 Å². The average molecular weight is 409 g/mol. The van der Waals surface area contributed by atoms with Crippen LogP contribution in [0.15, 0.2) is 40.9 Å². The smallest absolute Gasteiger partial charge is 0.340 e. The molecule has 0 radical (unpaired) electrons. The number of hydrogen-bond acceptors (Lipinski definition) is 7. The first-order chi connectivity index (χ1) is 13.0. The predicted octanol–water partition coefficient (Wildman–Crippen LogP) is 4.42. The molecule has 7 nitrogen and oxygen atoms in total. The van der Waals surface area contributed by atoms with Crippen LogP contribution in [0.25, 0.3) is 11.4 Å². The molecule has 1 heterocycles. The fourth-order valence-electron chi connectivity index (χ4n) is 2.27. The van der Waals surface area contributed by atoms with Crippen LogP contribution in [0.4, 0.5) is 0 Å². The molecule has 0 saturated heterocycles. The third kappa shape index (κ3) is 4.32. The first-order valence-electron chi connectivity index (χ1n) is 7.69. The lowest BCUT2D eigenvalue weighted by Crippen LogP contribution is -2.06. The average Bonchev–Trinajstić information content (AvgIpc) is 3.14. The van der Waals surface area contributed by atoms with Crippen LogP contribution in [0.3, 0.4) is 0 Å². The number of ether oxygens (including phenoxy) is 3. The minimum atomic E-state index is -0.623. The molecule has 27 heavy (non-hydrogen) atoms. The quantitative estimate of drug-likeness (QED) is 0.558. The van der Waals surface area contributed by atoms with E-state index in [1.54, 1.807) is 31.4 Å². The Kier molecular flexibility index (Phi) is 5.83. The molecule has 0 amide bonds. The second-order valence-electron chi connectivity index (χ2n) is 5.28. The number of methoxy groups -OCH3 is 2. The summed E-state index contributed by atoms with van der Waals surface area (Å²) in [7, 11) is 3.08. The highest BCUT2D eigenvalue weighted by molar-refractivity contribution is 6.36. The second-order valence-corrected chi connectivity index (χ2v) is 6.13. The Balaban J connectivity index is 1.70. The van der Waals surface area contributed by atoms with Crippen molar-refractivity contribution in [2.45, 2.75) is 6.61 Å². The largest absolute Gasteiger partial charge is 0.493 e. The van der Waals surface area contributed by atoms with Gasteiger partial charge in [0.15, 0.2) is 18.1 Å². The van der Waals surface area contributed by atoms with Crippen LogP contribution < -0.4 is 9.47 Å². The van der Waals surface area contributed by atoms with Crippen LogP contribution in [0.2, 0.25) is 10.0 Å². The van der Waals surface area contributed by atoms with Gasteiger partial charge in [0.25, 0.3) is 5.89 Å². The second kappa shape index (κ2) is 8.28. The summed E-state index contributed by atoms with van der Waals surface area (Å²) in [6.45, 7) is -0.196. The van der Waals surface area contributed by atoms with E-state index < -0.39 is 5.97 Å². The van der Waals surface area contributed by atoms with Gasteiger partial charge in [0, 0.05) is 10.6 Å². The third-order valence-electron chi connectivity index (χ3n) is 3.59. The van der Waals surface area contributed by atoms with E-state index >= 15 is 0 Å². The van der Waals surface area contributed by atoms with E-state index in [9.17, 15) is 4.79 Å². The maximum Gasteiger partial charge on any atom is 0.340 e. The van der Waals surface area contributed by atoms with Crippen molar-refractivity contribution in [1.82, 2.24) is 10.1 Å². The van der Waals surface area contributed by atoms with E-state index in [4.69, 9.17) is 41.9 Å². The zero-order chi connectivity index (χ0) is 19.4. The highest BCUT2D eigenvalue weighted by Crippen LogP contribution is 2.31. The van der Waals surface area contributed by atoms with Crippen molar-refractivity contribution < 1.29 is 23.5 Å². The molecule has 0 aliphatic heterocycles. The molecule has 3 rings (SSSR count). The molecule has 0 aliphatic carbocycles. The predicted molar refractivity (Wildman–Crippen MR) is 98.4 cm³/mol. The Morgan fingerprint density at radius 3 is 2.56 bits per heavy atom. The van der Waals surface area contributed by atoms with Crippen molar-refractivity contribution in [1.29, 1.82) is 0 Å². The fraction of sp³-hybridized carbons (Fsp3) is 0.167. The van der Waals surface area contributed by atoms with Crippen molar-refractivity contribution >= 4 is 29.2 Å². The molecule has 3 aromatic rings. The Labute approximate surface area is 164 Å². The summed E-state index contributed by atoms with van der Waals surface area (Å²) in [6, 6.07) is 9.69. The Morgan fingerprint density at radius 1 is 1.07 bits per heavy atom. The van der Waals surface area contributed by atoms with Gasteiger partial charge < -0.3 is 18.7 Å². The Morgan fingerprint density at radius 2 is 1.85 bits per heavy atom. The van der Waals surface area contributed by atoms with Crippen molar-refractivity contribution in [3.8, 4) is 22.9 Å². The van der Waals surface area contributed by atoms with Crippen LogP contribution in [0.1, 0.15) is 16.2 Å². The first kappa shape index (κ1) is 19.0. The van der Waals surface area contributed by atoms with Gasteiger partial charge in [0.1, 0.15) is 0 Å². The van der Waals surface area contributed by atoms with Crippen LogP contribution in [-0.2, 0) is 11.3 Å². The maximum absolute atomic E-state index is 12.1. The minimum absolute atomic E-state index is 0.137. The molecule has 0 saturated carbocycles. The molecule has 140 valence electrons. The van der Waals surface area contributed by atoms with Gasteiger partial charge in [-0.15, -0.1) is 0 Å². The van der Waals surface area contributed by atoms with Crippen LogP contribution in [0, 0.1) is 0 Å². The molecule has 9 heteroatoms. The summed E-state index contributed by atoms with van der Waals surface area (Å²) in [5.74, 6) is 0.955. The standard InChI is InChI=1S/C18H14Cl2N2O5/c1-24-14-6-3-10(7-15(14)25-2)17-21-16(27-22-17)9-26-18(23)12-5-4-11(19)8-13(12)20/h3-8H,9H2,1-2H3. The van der Waals surface area contributed by atoms with E-state index in [1.807, 2.05) is 0 Å². The van der Waals surface area contributed by atoms with Crippen molar-refractivity contribution in [3.63, 3.8) is 0 Å². The summed E-state index contributed by atoms with van der Waals surface area (Å²) in [4.78, 5) is 16.3. The Hall–Kier alpha value is -2.77. The molecule has 0 N–H and O–H groups in total. The maximum atomic E-state index is 12.1. The Bertz CT molecular complexity index is 974. The topological polar surface area (TPSA) is 83.7 Å². The zero-order valence-corrected chi connectivity index (χ0v) is 15.9. The number of carbonyl (C=O) groups is 1. The summed E-state index contributed by atoms with van der Waals surface area (Å²) < 4.78 is 20.7. The summed E-state index contributed by atoms with van der Waals surface area (Å²) in [6.07, 6.45) is 0. The molecule has 0 bridgehead atoms. The monoisotopic (exact) mass is 408 g/mol. The number of hydrogen-bond donors (Lipinski definition) is 0. The lowest BCUT2D eigenvalue weighted by Gasteiger charge is -2.07. The van der Waals surface area contributed by atoms with Gasteiger partial charge in [0.05, 0.1) is 24.8 Å². The first-order valence-corrected chi connectivity index (χ1v) is 8.44.